The van der Waals surface area contributed by atoms with E-state index in [1.165, 1.54) is 0 Å². The molecular weight excluding hydrogens is 412 g/mol. The van der Waals surface area contributed by atoms with E-state index >= 15 is 0 Å². The summed E-state index contributed by atoms with van der Waals surface area (Å²) in [6.07, 6.45) is 0. The van der Waals surface area contributed by atoms with Crippen molar-refractivity contribution in [3.8, 4) is 22.8 Å². The molecule has 156 valence electrons. The number of pyridine rings is 1. The van der Waals surface area contributed by atoms with Crippen LogP contribution in [0.3, 0.4) is 0 Å². The number of aromatic nitrogens is 1. The van der Waals surface area contributed by atoms with Gasteiger partial charge in [0.25, 0.3) is 5.91 Å². The predicted octanol–water partition coefficient (Wildman–Crippen LogP) is 6.13. The van der Waals surface area contributed by atoms with Crippen molar-refractivity contribution in [3.05, 3.63) is 82.9 Å². The van der Waals surface area contributed by atoms with Gasteiger partial charge in [-0.1, -0.05) is 35.9 Å². The van der Waals surface area contributed by atoms with E-state index in [4.69, 9.17) is 26.1 Å². The zero-order chi connectivity index (χ0) is 22.0. The van der Waals surface area contributed by atoms with Crippen molar-refractivity contribution in [2.45, 2.75) is 6.92 Å². The molecule has 0 spiro atoms. The first kappa shape index (κ1) is 20.7. The Hall–Kier alpha value is -3.57. The van der Waals surface area contributed by atoms with E-state index < -0.39 is 0 Å². The number of nitrogens with one attached hydrogen (secondary N) is 1. The zero-order valence-electron chi connectivity index (χ0n) is 17.4. The van der Waals surface area contributed by atoms with Crippen molar-refractivity contribution in [2.75, 3.05) is 19.5 Å². The van der Waals surface area contributed by atoms with Crippen LogP contribution in [0.1, 0.15) is 15.9 Å². The highest BCUT2D eigenvalue weighted by Crippen LogP contribution is 2.33. The molecule has 4 rings (SSSR count). The van der Waals surface area contributed by atoms with Gasteiger partial charge in [0.2, 0.25) is 0 Å². The third-order valence-corrected chi connectivity index (χ3v) is 5.32. The number of ether oxygens (including phenoxy) is 2. The van der Waals surface area contributed by atoms with Crippen molar-refractivity contribution in [1.82, 2.24) is 4.98 Å². The van der Waals surface area contributed by atoms with Gasteiger partial charge in [-0.2, -0.15) is 0 Å². The molecule has 3 aromatic carbocycles. The van der Waals surface area contributed by atoms with Crippen LogP contribution in [0.5, 0.6) is 11.5 Å². The number of amides is 1. The number of anilines is 1. The molecule has 0 radical (unpaired) electrons. The number of rotatable bonds is 5. The number of nitrogens with zero attached hydrogens (tertiary/aromatic N) is 1. The maximum Gasteiger partial charge on any atom is 0.256 e. The highest BCUT2D eigenvalue weighted by molar-refractivity contribution is 6.31. The second-order valence-electron chi connectivity index (χ2n) is 7.06. The van der Waals surface area contributed by atoms with Crippen LogP contribution in [-0.2, 0) is 0 Å². The Morgan fingerprint density at radius 1 is 0.935 bits per heavy atom. The summed E-state index contributed by atoms with van der Waals surface area (Å²) in [5.41, 5.74) is 4.32. The number of carbonyl (C=O) groups is 1. The molecule has 0 saturated carbocycles. The Labute approximate surface area is 185 Å². The molecule has 6 heteroatoms. The number of aryl methyl sites for hydroxylation is 1. The van der Waals surface area contributed by atoms with E-state index in [0.29, 0.717) is 33.5 Å². The Morgan fingerprint density at radius 3 is 2.48 bits per heavy atom. The standard InChI is InChI=1S/C25H21ClN2O3/c1-15-8-10-17(26)13-21(15)28-25(29)19-14-22(27-20-7-5-4-6-18(19)20)16-9-11-23(30-2)24(12-16)31-3/h4-14H,1-3H3,(H,28,29). The number of para-hydroxylation sites is 1. The van der Waals surface area contributed by atoms with Crippen LogP contribution in [0.25, 0.3) is 22.2 Å². The number of fused-ring (bicyclic) bond motifs is 1. The minimum Gasteiger partial charge on any atom is -0.493 e. The van der Waals surface area contributed by atoms with E-state index in [-0.39, 0.29) is 5.91 Å². The third kappa shape index (κ3) is 4.18. The molecule has 0 aliphatic heterocycles. The molecule has 1 aromatic heterocycles. The van der Waals surface area contributed by atoms with Gasteiger partial charge >= 0.3 is 0 Å². The van der Waals surface area contributed by atoms with Crippen LogP contribution in [0.4, 0.5) is 5.69 Å². The summed E-state index contributed by atoms with van der Waals surface area (Å²) in [5.74, 6) is 0.989. The van der Waals surface area contributed by atoms with E-state index in [1.807, 2.05) is 55.5 Å². The van der Waals surface area contributed by atoms with E-state index in [1.54, 1.807) is 32.4 Å². The number of carbonyl (C=O) groups excluding carboxylic acids is 1. The number of benzene rings is 3. The molecule has 1 heterocycles. The molecule has 1 amide bonds. The summed E-state index contributed by atoms with van der Waals surface area (Å²) < 4.78 is 10.7. The van der Waals surface area contributed by atoms with Gasteiger partial charge in [0.15, 0.2) is 11.5 Å². The minimum absolute atomic E-state index is 0.231. The van der Waals surface area contributed by atoms with Crippen molar-refractivity contribution in [3.63, 3.8) is 0 Å². The van der Waals surface area contributed by atoms with Crippen molar-refractivity contribution in [1.29, 1.82) is 0 Å². The first-order valence-electron chi connectivity index (χ1n) is 9.70. The maximum atomic E-state index is 13.3. The zero-order valence-corrected chi connectivity index (χ0v) is 18.2. The predicted molar refractivity (Wildman–Crippen MR) is 124 cm³/mol. The molecular formula is C25H21ClN2O3. The largest absolute Gasteiger partial charge is 0.493 e. The molecule has 31 heavy (non-hydrogen) atoms. The van der Waals surface area contributed by atoms with Gasteiger partial charge in [-0.25, -0.2) is 4.98 Å². The Bertz CT molecular complexity index is 1290. The number of hydrogen-bond acceptors (Lipinski definition) is 4. The molecule has 0 aliphatic rings. The molecule has 0 saturated heterocycles. The maximum absolute atomic E-state index is 13.3. The van der Waals surface area contributed by atoms with Gasteiger partial charge in [0, 0.05) is 21.7 Å². The summed E-state index contributed by atoms with van der Waals surface area (Å²) >= 11 is 6.12. The second kappa shape index (κ2) is 8.66. The lowest BCUT2D eigenvalue weighted by atomic mass is 10.0. The smallest absolute Gasteiger partial charge is 0.256 e. The minimum atomic E-state index is -0.231. The van der Waals surface area contributed by atoms with Gasteiger partial charge in [-0.05, 0) is 55.0 Å². The summed E-state index contributed by atoms with van der Waals surface area (Å²) in [7, 11) is 3.17. The summed E-state index contributed by atoms with van der Waals surface area (Å²) in [6.45, 7) is 1.92. The number of hydrogen-bond donors (Lipinski definition) is 1. The summed E-state index contributed by atoms with van der Waals surface area (Å²) in [5, 5.41) is 4.31. The molecule has 0 unspecified atom stereocenters. The lowest BCUT2D eigenvalue weighted by Crippen LogP contribution is -2.14. The van der Waals surface area contributed by atoms with Crippen molar-refractivity contribution in [2.24, 2.45) is 0 Å². The highest BCUT2D eigenvalue weighted by Gasteiger charge is 2.16. The molecule has 0 bridgehead atoms. The van der Waals surface area contributed by atoms with E-state index in [9.17, 15) is 4.79 Å². The molecule has 1 N–H and O–H groups in total. The van der Waals surface area contributed by atoms with Crippen LogP contribution in [0.15, 0.2) is 66.7 Å². The van der Waals surface area contributed by atoms with E-state index in [0.717, 1.165) is 22.0 Å². The van der Waals surface area contributed by atoms with Gasteiger partial charge in [0.1, 0.15) is 0 Å². The number of halogens is 1. The molecule has 5 nitrogen and oxygen atoms in total. The quantitative estimate of drug-likeness (QED) is 0.412. The summed E-state index contributed by atoms with van der Waals surface area (Å²) in [4.78, 5) is 18.0. The monoisotopic (exact) mass is 432 g/mol. The normalized spacial score (nSPS) is 10.7. The molecule has 0 aliphatic carbocycles. The average Bonchev–Trinajstić information content (AvgIpc) is 2.80. The van der Waals surface area contributed by atoms with Gasteiger partial charge < -0.3 is 14.8 Å². The van der Waals surface area contributed by atoms with Crippen LogP contribution < -0.4 is 14.8 Å². The average molecular weight is 433 g/mol. The topological polar surface area (TPSA) is 60.5 Å². The van der Waals surface area contributed by atoms with Gasteiger partial charge in [-0.15, -0.1) is 0 Å². The highest BCUT2D eigenvalue weighted by atomic mass is 35.5. The molecule has 0 atom stereocenters. The van der Waals surface area contributed by atoms with Crippen LogP contribution >= 0.6 is 11.6 Å². The Balaban J connectivity index is 1.82. The van der Waals surface area contributed by atoms with Gasteiger partial charge in [0.05, 0.1) is 31.0 Å². The first-order chi connectivity index (χ1) is 15.0. The fourth-order valence-corrected chi connectivity index (χ4v) is 3.60. The van der Waals surface area contributed by atoms with Gasteiger partial charge in [-0.3, -0.25) is 4.79 Å². The fourth-order valence-electron chi connectivity index (χ4n) is 3.43. The van der Waals surface area contributed by atoms with Crippen LogP contribution in [0.2, 0.25) is 5.02 Å². The van der Waals surface area contributed by atoms with Crippen molar-refractivity contribution >= 4 is 34.1 Å². The fraction of sp³-hybridized carbons (Fsp3) is 0.120. The second-order valence-corrected chi connectivity index (χ2v) is 7.49. The van der Waals surface area contributed by atoms with Crippen molar-refractivity contribution < 1.29 is 14.3 Å². The SMILES string of the molecule is COc1ccc(-c2cc(C(=O)Nc3cc(Cl)ccc3C)c3ccccc3n2)cc1OC. The molecule has 4 aromatic rings. The lowest BCUT2D eigenvalue weighted by Gasteiger charge is -2.13. The summed E-state index contributed by atoms with van der Waals surface area (Å²) in [6, 6.07) is 20.3. The third-order valence-electron chi connectivity index (χ3n) is 5.09. The first-order valence-corrected chi connectivity index (χ1v) is 10.1. The molecule has 0 fully saturated rings. The van der Waals surface area contributed by atoms with Crippen LogP contribution in [0, 0.1) is 6.92 Å². The van der Waals surface area contributed by atoms with Crippen LogP contribution in [-0.4, -0.2) is 25.1 Å². The van der Waals surface area contributed by atoms with E-state index in [2.05, 4.69) is 5.32 Å². The lowest BCUT2D eigenvalue weighted by molar-refractivity contribution is 0.102. The Kier molecular flexibility index (Phi) is 5.78. The number of methoxy groups -OCH3 is 2. The Morgan fingerprint density at radius 2 is 1.71 bits per heavy atom.